The lowest BCUT2D eigenvalue weighted by Crippen LogP contribution is -2.26. The molecule has 3 aromatic carbocycles. The van der Waals surface area contributed by atoms with Crippen molar-refractivity contribution in [2.24, 2.45) is 5.10 Å². The fraction of sp³-hybridized carbons (Fsp3) is 0.111. The monoisotopic (exact) mass is 562 g/mol. The van der Waals surface area contributed by atoms with Crippen LogP contribution in [0.25, 0.3) is 21.2 Å². The predicted octanol–water partition coefficient (Wildman–Crippen LogP) is 4.34. The Morgan fingerprint density at radius 1 is 1.08 bits per heavy atom. The second kappa shape index (κ2) is 10.4. The summed E-state index contributed by atoms with van der Waals surface area (Å²) in [6.07, 6.45) is 2.52. The van der Waals surface area contributed by atoms with Crippen LogP contribution in [0.5, 0.6) is 5.75 Å². The first-order valence-corrected chi connectivity index (χ1v) is 13.8. The van der Waals surface area contributed by atoms with Crippen molar-refractivity contribution < 1.29 is 22.4 Å². The largest absolute Gasteiger partial charge is 0.497 e. The number of hydrazone groups is 1. The van der Waals surface area contributed by atoms with Crippen molar-refractivity contribution >= 4 is 59.8 Å². The number of carbonyl (C=O) groups is 1. The Kier molecular flexibility index (Phi) is 7.00. The van der Waals surface area contributed by atoms with E-state index in [0.717, 1.165) is 14.0 Å². The molecule has 5 rings (SSSR count). The van der Waals surface area contributed by atoms with Gasteiger partial charge < -0.3 is 9.15 Å². The minimum absolute atomic E-state index is 0.0416. The number of amides is 1. The van der Waals surface area contributed by atoms with Gasteiger partial charge in [0.1, 0.15) is 17.6 Å². The van der Waals surface area contributed by atoms with Crippen LogP contribution in [0.4, 0.5) is 5.13 Å². The third-order valence-corrected chi connectivity index (χ3v) is 8.68. The number of sulfonamides is 1. The number of fused-ring (bicyclic) bond motifs is 2. The summed E-state index contributed by atoms with van der Waals surface area (Å²) in [5.74, 6) is 0.0572. The van der Waals surface area contributed by atoms with Crippen molar-refractivity contribution in [2.45, 2.75) is 4.90 Å². The first-order valence-electron chi connectivity index (χ1n) is 11.5. The number of rotatable bonds is 7. The van der Waals surface area contributed by atoms with Crippen LogP contribution in [-0.2, 0) is 10.0 Å². The Balaban J connectivity index is 1.57. The van der Waals surface area contributed by atoms with Gasteiger partial charge in [-0.05, 0) is 54.6 Å². The average molecular weight is 563 g/mol. The number of hydrogen-bond donors (Lipinski definition) is 0. The number of anilines is 1. The lowest BCUT2D eigenvalue weighted by Gasteiger charge is -2.15. The molecule has 1 amide bonds. The molecule has 0 fully saturated rings. The first-order chi connectivity index (χ1) is 18.7. The minimum atomic E-state index is -3.67. The van der Waals surface area contributed by atoms with Gasteiger partial charge in [0.05, 0.1) is 39.4 Å². The van der Waals surface area contributed by atoms with E-state index in [0.29, 0.717) is 22.2 Å². The van der Waals surface area contributed by atoms with Gasteiger partial charge in [-0.3, -0.25) is 9.59 Å². The Morgan fingerprint density at radius 2 is 1.82 bits per heavy atom. The summed E-state index contributed by atoms with van der Waals surface area (Å²) in [5.41, 5.74) is 1.07. The number of carbonyl (C=O) groups excluding carboxylic acids is 1. The molecule has 2 aromatic heterocycles. The molecular formula is C27H22N4O6S2. The molecule has 39 heavy (non-hydrogen) atoms. The predicted molar refractivity (Wildman–Crippen MR) is 150 cm³/mol. The third kappa shape index (κ3) is 5.04. The first kappa shape index (κ1) is 26.2. The number of hydrogen-bond acceptors (Lipinski definition) is 9. The quantitative estimate of drug-likeness (QED) is 0.214. The SMILES string of the molecule is COc1ccc2nc(N(/N=C/c3coc4ccccc4c3=O)C(=O)c3ccc(S(=O)(=O)N(C)C)cc3)sc2c1. The van der Waals surface area contributed by atoms with Gasteiger partial charge in [0.25, 0.3) is 5.91 Å². The van der Waals surface area contributed by atoms with E-state index in [1.54, 1.807) is 49.6 Å². The molecule has 0 radical (unpaired) electrons. The van der Waals surface area contributed by atoms with Crippen molar-refractivity contribution in [3.8, 4) is 5.75 Å². The van der Waals surface area contributed by atoms with Crippen LogP contribution >= 0.6 is 11.3 Å². The van der Waals surface area contributed by atoms with Gasteiger partial charge in [-0.25, -0.2) is 17.7 Å². The van der Waals surface area contributed by atoms with Crippen LogP contribution in [-0.4, -0.2) is 51.0 Å². The van der Waals surface area contributed by atoms with Crippen molar-refractivity contribution in [1.29, 1.82) is 0 Å². The second-order valence-corrected chi connectivity index (χ2v) is 11.7. The molecule has 0 atom stereocenters. The average Bonchev–Trinajstić information content (AvgIpc) is 3.37. The number of para-hydroxylation sites is 1. The topological polar surface area (TPSA) is 122 Å². The van der Waals surface area contributed by atoms with Crippen molar-refractivity contribution in [3.63, 3.8) is 0 Å². The molecule has 2 heterocycles. The summed E-state index contributed by atoms with van der Waals surface area (Å²) in [4.78, 5) is 31.2. The number of nitrogens with zero attached hydrogens (tertiary/aromatic N) is 4. The van der Waals surface area contributed by atoms with E-state index in [-0.39, 0.29) is 26.6 Å². The standard InChI is InChI=1S/C27H22N4O6S2/c1-30(2)39(34,35)20-11-8-17(9-12-20)26(33)31(27-29-22-13-10-19(36-3)14-24(22)38-27)28-15-18-16-37-23-7-5-4-6-21(23)25(18)32/h4-16H,1-3H3/b28-15+. The van der Waals surface area contributed by atoms with Crippen LogP contribution < -0.4 is 15.2 Å². The molecule has 0 spiro atoms. The summed E-state index contributed by atoms with van der Waals surface area (Å²) >= 11 is 1.21. The number of benzene rings is 3. The number of ether oxygens (including phenoxy) is 1. The third-order valence-electron chi connectivity index (χ3n) is 5.86. The van der Waals surface area contributed by atoms with Crippen LogP contribution in [0.15, 0.2) is 92.2 Å². The summed E-state index contributed by atoms with van der Waals surface area (Å²) in [7, 11) is 0.735. The maximum absolute atomic E-state index is 13.7. The second-order valence-electron chi connectivity index (χ2n) is 8.52. The van der Waals surface area contributed by atoms with E-state index in [1.807, 2.05) is 0 Å². The van der Waals surface area contributed by atoms with E-state index in [4.69, 9.17) is 9.15 Å². The normalized spacial score (nSPS) is 12.0. The molecule has 0 aliphatic heterocycles. The highest BCUT2D eigenvalue weighted by Crippen LogP contribution is 2.32. The summed E-state index contributed by atoms with van der Waals surface area (Å²) in [6.45, 7) is 0. The highest BCUT2D eigenvalue weighted by Gasteiger charge is 2.23. The number of aromatic nitrogens is 1. The van der Waals surface area contributed by atoms with Crippen LogP contribution in [0, 0.1) is 0 Å². The Hall–Kier alpha value is -4.39. The fourth-order valence-electron chi connectivity index (χ4n) is 3.70. The molecule has 0 saturated carbocycles. The summed E-state index contributed by atoms with van der Waals surface area (Å²) < 4.78 is 37.6. The van der Waals surface area contributed by atoms with E-state index in [1.165, 1.54) is 62.2 Å². The zero-order valence-electron chi connectivity index (χ0n) is 21.1. The zero-order chi connectivity index (χ0) is 27.7. The maximum Gasteiger partial charge on any atom is 0.280 e. The summed E-state index contributed by atoms with van der Waals surface area (Å²) in [6, 6.07) is 17.6. The zero-order valence-corrected chi connectivity index (χ0v) is 22.7. The Morgan fingerprint density at radius 3 is 2.54 bits per heavy atom. The van der Waals surface area contributed by atoms with Gasteiger partial charge in [-0.2, -0.15) is 10.1 Å². The molecular weight excluding hydrogens is 540 g/mol. The molecule has 12 heteroatoms. The molecule has 0 N–H and O–H groups in total. The molecule has 10 nitrogen and oxygen atoms in total. The lowest BCUT2D eigenvalue weighted by atomic mass is 10.2. The highest BCUT2D eigenvalue weighted by molar-refractivity contribution is 7.89. The Bertz CT molecular complexity index is 1890. The van der Waals surface area contributed by atoms with Crippen LogP contribution in [0.2, 0.25) is 0 Å². The van der Waals surface area contributed by atoms with Gasteiger partial charge in [-0.1, -0.05) is 23.5 Å². The van der Waals surface area contributed by atoms with Gasteiger partial charge in [-0.15, -0.1) is 0 Å². The smallest absolute Gasteiger partial charge is 0.280 e. The lowest BCUT2D eigenvalue weighted by molar-refractivity contribution is 0.0987. The van der Waals surface area contributed by atoms with E-state index in [2.05, 4.69) is 10.1 Å². The minimum Gasteiger partial charge on any atom is -0.497 e. The molecule has 0 unspecified atom stereocenters. The highest BCUT2D eigenvalue weighted by atomic mass is 32.2. The fourth-order valence-corrected chi connectivity index (χ4v) is 5.56. The van der Waals surface area contributed by atoms with Crippen molar-refractivity contribution in [2.75, 3.05) is 26.2 Å². The summed E-state index contributed by atoms with van der Waals surface area (Å²) in [5, 5.41) is 6.03. The van der Waals surface area contributed by atoms with Crippen molar-refractivity contribution in [3.05, 3.63) is 94.3 Å². The maximum atomic E-state index is 13.7. The number of methoxy groups -OCH3 is 1. The van der Waals surface area contributed by atoms with Crippen LogP contribution in [0.3, 0.4) is 0 Å². The Labute approximate surface area is 227 Å². The van der Waals surface area contributed by atoms with Crippen LogP contribution in [0.1, 0.15) is 15.9 Å². The van der Waals surface area contributed by atoms with Gasteiger partial charge in [0, 0.05) is 19.7 Å². The van der Waals surface area contributed by atoms with E-state index in [9.17, 15) is 18.0 Å². The number of thiazole rings is 1. The van der Waals surface area contributed by atoms with Gasteiger partial charge >= 0.3 is 0 Å². The van der Waals surface area contributed by atoms with E-state index >= 15 is 0 Å². The molecule has 0 saturated heterocycles. The van der Waals surface area contributed by atoms with Crippen molar-refractivity contribution in [1.82, 2.24) is 9.29 Å². The van der Waals surface area contributed by atoms with E-state index < -0.39 is 15.9 Å². The van der Waals surface area contributed by atoms with Gasteiger partial charge in [0.15, 0.2) is 0 Å². The molecule has 0 aliphatic rings. The molecule has 0 bridgehead atoms. The molecule has 0 aliphatic carbocycles. The molecule has 198 valence electrons. The molecule has 5 aromatic rings. The van der Waals surface area contributed by atoms with Gasteiger partial charge in [0.2, 0.25) is 20.6 Å².